The standard InChI is InChI=1S/C20H21F2NO3S/c1-2-3-7-27-20-13(5-4-6-23-20)11-25-19-16(21)8-14(9-17(19)22)15-10-18(15)26-12-24/h4-6,8-9,12,15,18H,2-3,7,10-11H2,1H3. The van der Waals surface area contributed by atoms with Crippen LogP contribution in [0.25, 0.3) is 0 Å². The number of aromatic nitrogens is 1. The van der Waals surface area contributed by atoms with Crippen LogP contribution in [0.2, 0.25) is 0 Å². The number of carbonyl (C=O) groups is 1. The van der Waals surface area contributed by atoms with Gasteiger partial charge in [-0.3, -0.25) is 4.79 Å². The summed E-state index contributed by atoms with van der Waals surface area (Å²) in [5, 5.41) is 0.815. The Morgan fingerprint density at radius 3 is 2.81 bits per heavy atom. The largest absolute Gasteiger partial charge is 0.483 e. The van der Waals surface area contributed by atoms with E-state index in [1.165, 1.54) is 12.1 Å². The van der Waals surface area contributed by atoms with Crippen molar-refractivity contribution in [1.82, 2.24) is 4.98 Å². The van der Waals surface area contributed by atoms with Crippen molar-refractivity contribution in [3.05, 3.63) is 53.2 Å². The zero-order valence-corrected chi connectivity index (χ0v) is 15.8. The normalized spacial score (nSPS) is 18.2. The van der Waals surface area contributed by atoms with E-state index in [2.05, 4.69) is 11.9 Å². The topological polar surface area (TPSA) is 48.4 Å². The number of hydrogen-bond acceptors (Lipinski definition) is 5. The monoisotopic (exact) mass is 393 g/mol. The van der Waals surface area contributed by atoms with Crippen molar-refractivity contribution >= 4 is 18.2 Å². The fourth-order valence-corrected chi connectivity index (χ4v) is 3.88. The lowest BCUT2D eigenvalue weighted by Crippen LogP contribution is -2.03. The number of benzene rings is 1. The van der Waals surface area contributed by atoms with Gasteiger partial charge in [-0.15, -0.1) is 11.8 Å². The minimum atomic E-state index is -0.758. The first-order chi connectivity index (χ1) is 13.1. The summed E-state index contributed by atoms with van der Waals surface area (Å²) < 4.78 is 39.0. The van der Waals surface area contributed by atoms with Gasteiger partial charge in [0.1, 0.15) is 17.7 Å². The predicted molar refractivity (Wildman–Crippen MR) is 98.9 cm³/mol. The van der Waals surface area contributed by atoms with E-state index in [4.69, 9.17) is 9.47 Å². The fraction of sp³-hybridized carbons (Fsp3) is 0.400. The molecule has 27 heavy (non-hydrogen) atoms. The van der Waals surface area contributed by atoms with Gasteiger partial charge in [-0.1, -0.05) is 19.4 Å². The lowest BCUT2D eigenvalue weighted by molar-refractivity contribution is -0.129. The smallest absolute Gasteiger partial charge is 0.293 e. The molecule has 4 nitrogen and oxygen atoms in total. The van der Waals surface area contributed by atoms with Gasteiger partial charge in [0.25, 0.3) is 6.47 Å². The first-order valence-corrected chi connectivity index (χ1v) is 9.90. The molecule has 0 aliphatic heterocycles. The van der Waals surface area contributed by atoms with Crippen molar-refractivity contribution in [2.45, 2.75) is 49.8 Å². The van der Waals surface area contributed by atoms with E-state index >= 15 is 0 Å². The van der Waals surface area contributed by atoms with Crippen molar-refractivity contribution in [2.75, 3.05) is 5.75 Å². The van der Waals surface area contributed by atoms with Gasteiger partial charge in [-0.2, -0.15) is 0 Å². The maximum Gasteiger partial charge on any atom is 0.293 e. The first-order valence-electron chi connectivity index (χ1n) is 8.91. The average Bonchev–Trinajstić information content (AvgIpc) is 3.42. The van der Waals surface area contributed by atoms with Crippen LogP contribution in [-0.2, 0) is 16.1 Å². The molecule has 0 bridgehead atoms. The number of unbranched alkanes of at least 4 members (excludes halogenated alkanes) is 1. The molecule has 1 saturated carbocycles. The summed E-state index contributed by atoms with van der Waals surface area (Å²) in [5.41, 5.74) is 1.27. The molecule has 1 aromatic carbocycles. The van der Waals surface area contributed by atoms with E-state index in [1.54, 1.807) is 24.0 Å². The molecule has 0 radical (unpaired) electrons. The molecule has 2 unspecified atom stereocenters. The Morgan fingerprint density at radius 2 is 2.11 bits per heavy atom. The number of halogens is 2. The molecule has 0 spiro atoms. The molecule has 0 N–H and O–H groups in total. The SMILES string of the molecule is CCCCSc1ncccc1COc1c(F)cc(C2CC2OC=O)cc1F. The van der Waals surface area contributed by atoms with Crippen LogP contribution >= 0.6 is 11.8 Å². The summed E-state index contributed by atoms with van der Waals surface area (Å²) in [6.07, 6.45) is 4.13. The first kappa shape index (κ1) is 19.6. The molecular weight excluding hydrogens is 372 g/mol. The van der Waals surface area contributed by atoms with Gasteiger partial charge >= 0.3 is 0 Å². The lowest BCUT2D eigenvalue weighted by atomic mass is 10.1. The van der Waals surface area contributed by atoms with E-state index in [1.807, 2.05) is 6.07 Å². The van der Waals surface area contributed by atoms with Gasteiger partial charge in [0, 0.05) is 17.7 Å². The highest BCUT2D eigenvalue weighted by atomic mass is 32.2. The Bertz CT molecular complexity index is 780. The second-order valence-corrected chi connectivity index (χ2v) is 7.47. The summed E-state index contributed by atoms with van der Waals surface area (Å²) in [7, 11) is 0. The molecule has 1 aliphatic carbocycles. The summed E-state index contributed by atoms with van der Waals surface area (Å²) in [5.74, 6) is -1.14. The van der Waals surface area contributed by atoms with Crippen LogP contribution in [0.3, 0.4) is 0 Å². The molecule has 0 saturated heterocycles. The highest BCUT2D eigenvalue weighted by Gasteiger charge is 2.41. The van der Waals surface area contributed by atoms with Gasteiger partial charge in [0.2, 0.25) is 0 Å². The van der Waals surface area contributed by atoms with Crippen LogP contribution in [0, 0.1) is 11.6 Å². The highest BCUT2D eigenvalue weighted by Crippen LogP contribution is 2.44. The van der Waals surface area contributed by atoms with E-state index in [-0.39, 0.29) is 18.6 Å². The Morgan fingerprint density at radius 1 is 1.33 bits per heavy atom. The minimum Gasteiger partial charge on any atom is -0.483 e. The number of nitrogens with zero attached hydrogens (tertiary/aromatic N) is 1. The molecule has 0 amide bonds. The third-order valence-corrected chi connectivity index (χ3v) is 5.50. The second-order valence-electron chi connectivity index (χ2n) is 6.38. The Hall–Kier alpha value is -2.15. The highest BCUT2D eigenvalue weighted by molar-refractivity contribution is 7.99. The fourth-order valence-electron chi connectivity index (χ4n) is 2.80. The van der Waals surface area contributed by atoms with E-state index in [0.29, 0.717) is 18.5 Å². The van der Waals surface area contributed by atoms with E-state index in [9.17, 15) is 13.6 Å². The van der Waals surface area contributed by atoms with Crippen LogP contribution in [0.1, 0.15) is 43.2 Å². The van der Waals surface area contributed by atoms with Gasteiger partial charge < -0.3 is 9.47 Å². The molecule has 1 aliphatic rings. The number of rotatable bonds is 10. The lowest BCUT2D eigenvalue weighted by Gasteiger charge is -2.12. The zero-order chi connectivity index (χ0) is 19.2. The number of hydrogen-bond donors (Lipinski definition) is 0. The van der Waals surface area contributed by atoms with Crippen molar-refractivity contribution in [2.24, 2.45) is 0 Å². The van der Waals surface area contributed by atoms with Crippen molar-refractivity contribution in [3.63, 3.8) is 0 Å². The number of pyridine rings is 1. The Balaban J connectivity index is 1.67. The second kappa shape index (κ2) is 9.17. The molecule has 3 rings (SSSR count). The molecule has 7 heteroatoms. The summed E-state index contributed by atoms with van der Waals surface area (Å²) in [6, 6.07) is 6.12. The zero-order valence-electron chi connectivity index (χ0n) is 15.0. The molecule has 2 atom stereocenters. The summed E-state index contributed by atoms with van der Waals surface area (Å²) >= 11 is 1.61. The molecule has 2 aromatic rings. The van der Waals surface area contributed by atoms with Crippen LogP contribution < -0.4 is 4.74 Å². The maximum absolute atomic E-state index is 14.4. The minimum absolute atomic E-state index is 0.0375. The number of carbonyl (C=O) groups excluding carboxylic acids is 1. The van der Waals surface area contributed by atoms with E-state index < -0.39 is 17.4 Å². The van der Waals surface area contributed by atoms with Crippen LogP contribution in [0.5, 0.6) is 5.75 Å². The Kier molecular flexibility index (Phi) is 6.66. The average molecular weight is 393 g/mol. The quantitative estimate of drug-likeness (QED) is 0.328. The third kappa shape index (κ3) is 4.97. The van der Waals surface area contributed by atoms with Crippen molar-refractivity contribution in [1.29, 1.82) is 0 Å². The summed E-state index contributed by atoms with van der Waals surface area (Å²) in [4.78, 5) is 14.7. The summed E-state index contributed by atoms with van der Waals surface area (Å²) in [6.45, 7) is 2.52. The van der Waals surface area contributed by atoms with Gasteiger partial charge in [0.15, 0.2) is 17.4 Å². The molecule has 1 heterocycles. The van der Waals surface area contributed by atoms with Crippen molar-refractivity contribution in [3.8, 4) is 5.75 Å². The predicted octanol–water partition coefficient (Wildman–Crippen LogP) is 4.86. The Labute approximate surface area is 161 Å². The van der Waals surface area contributed by atoms with Gasteiger partial charge in [0.05, 0.1) is 0 Å². The molecule has 144 valence electrons. The third-order valence-electron chi connectivity index (χ3n) is 4.37. The maximum atomic E-state index is 14.4. The number of ether oxygens (including phenoxy) is 2. The molecule has 1 aromatic heterocycles. The molecular formula is C20H21F2NO3S. The van der Waals surface area contributed by atoms with Crippen LogP contribution in [-0.4, -0.2) is 23.3 Å². The molecule has 1 fully saturated rings. The van der Waals surface area contributed by atoms with E-state index in [0.717, 1.165) is 29.2 Å². The van der Waals surface area contributed by atoms with Crippen molar-refractivity contribution < 1.29 is 23.0 Å². The van der Waals surface area contributed by atoms with Crippen LogP contribution in [0.4, 0.5) is 8.78 Å². The van der Waals surface area contributed by atoms with Gasteiger partial charge in [-0.25, -0.2) is 13.8 Å². The van der Waals surface area contributed by atoms with Crippen LogP contribution in [0.15, 0.2) is 35.5 Å². The number of thioether (sulfide) groups is 1. The van der Waals surface area contributed by atoms with Gasteiger partial charge in [-0.05, 0) is 42.4 Å².